The largest absolute Gasteiger partial charge is 0.489 e. The molecule has 156 valence electrons. The second-order valence-corrected chi connectivity index (χ2v) is 8.27. The maximum Gasteiger partial charge on any atom is 0.489 e. The Balaban J connectivity index is 1.61. The van der Waals surface area contributed by atoms with Gasteiger partial charge in [-0.15, -0.1) is 0 Å². The van der Waals surface area contributed by atoms with Crippen LogP contribution >= 0.6 is 0 Å². The summed E-state index contributed by atoms with van der Waals surface area (Å²) in [4.78, 5) is 4.11. The fraction of sp³-hybridized carbons (Fsp3) is 0. The molecule has 0 atom stereocenters. The molecule has 0 spiro atoms. The first-order valence-corrected chi connectivity index (χ1v) is 10.9. The van der Waals surface area contributed by atoms with E-state index in [2.05, 4.69) is 53.5 Å². The average molecular weight is 425 g/mol. The van der Waals surface area contributed by atoms with Gasteiger partial charge in [0.05, 0.1) is 0 Å². The lowest BCUT2D eigenvalue weighted by molar-refractivity contribution is 0.426. The van der Waals surface area contributed by atoms with E-state index in [9.17, 15) is 10.0 Å². The van der Waals surface area contributed by atoms with Crippen molar-refractivity contribution in [3.63, 3.8) is 0 Å². The first kappa shape index (κ1) is 19.7. The van der Waals surface area contributed by atoms with Crippen LogP contribution in [0.15, 0.2) is 109 Å². The summed E-state index contributed by atoms with van der Waals surface area (Å²) < 4.78 is 0. The van der Waals surface area contributed by atoms with Crippen molar-refractivity contribution in [3.05, 3.63) is 109 Å². The molecule has 6 aromatic rings. The van der Waals surface area contributed by atoms with E-state index in [1.165, 1.54) is 5.39 Å². The summed E-state index contributed by atoms with van der Waals surface area (Å²) in [7, 11) is -1.54. The summed E-state index contributed by atoms with van der Waals surface area (Å²) in [6.07, 6.45) is 3.62. The van der Waals surface area contributed by atoms with E-state index < -0.39 is 7.12 Å². The second-order valence-electron chi connectivity index (χ2n) is 8.27. The maximum absolute atomic E-state index is 10.2. The van der Waals surface area contributed by atoms with Gasteiger partial charge in [0.2, 0.25) is 0 Å². The highest BCUT2D eigenvalue weighted by atomic mass is 16.4. The Morgan fingerprint density at radius 2 is 1.03 bits per heavy atom. The number of nitrogens with zero attached hydrogens (tertiary/aromatic N) is 1. The molecule has 0 bridgehead atoms. The second kappa shape index (κ2) is 7.86. The molecular formula is C29H20BNO2. The summed E-state index contributed by atoms with van der Waals surface area (Å²) in [6.45, 7) is 0. The van der Waals surface area contributed by atoms with Crippen LogP contribution in [0.4, 0.5) is 0 Å². The van der Waals surface area contributed by atoms with E-state index in [1.807, 2.05) is 60.9 Å². The monoisotopic (exact) mass is 425 g/mol. The third-order valence-corrected chi connectivity index (χ3v) is 6.37. The first-order chi connectivity index (χ1) is 16.2. The zero-order valence-electron chi connectivity index (χ0n) is 17.8. The van der Waals surface area contributed by atoms with Gasteiger partial charge in [0, 0.05) is 12.4 Å². The average Bonchev–Trinajstić information content (AvgIpc) is 2.87. The van der Waals surface area contributed by atoms with E-state index >= 15 is 0 Å². The zero-order chi connectivity index (χ0) is 22.4. The SMILES string of the molecule is OB(O)c1c2ccccc2c(-c2ccc3cc(-c4ccncc4)ccc3c2)c2ccccc12. The zero-order valence-corrected chi connectivity index (χ0v) is 17.8. The van der Waals surface area contributed by atoms with Crippen LogP contribution in [0.25, 0.3) is 54.6 Å². The minimum Gasteiger partial charge on any atom is -0.423 e. The van der Waals surface area contributed by atoms with E-state index in [1.54, 1.807) is 0 Å². The van der Waals surface area contributed by atoms with Gasteiger partial charge in [-0.05, 0) is 84.3 Å². The molecule has 3 nitrogen and oxygen atoms in total. The number of rotatable bonds is 3. The number of hydrogen-bond acceptors (Lipinski definition) is 3. The maximum atomic E-state index is 10.2. The van der Waals surface area contributed by atoms with Crippen LogP contribution in [0, 0.1) is 0 Å². The van der Waals surface area contributed by atoms with Gasteiger partial charge in [0.25, 0.3) is 0 Å². The van der Waals surface area contributed by atoms with Crippen molar-refractivity contribution in [3.8, 4) is 22.3 Å². The fourth-order valence-electron chi connectivity index (χ4n) is 4.88. The Hall–Kier alpha value is -3.99. The Labute approximate surface area is 191 Å². The summed E-state index contributed by atoms with van der Waals surface area (Å²) in [6, 6.07) is 33.0. The number of pyridine rings is 1. The molecule has 0 amide bonds. The molecular weight excluding hydrogens is 405 g/mol. The van der Waals surface area contributed by atoms with E-state index in [0.717, 1.165) is 49.2 Å². The highest BCUT2D eigenvalue weighted by molar-refractivity contribution is 6.66. The van der Waals surface area contributed by atoms with Crippen LogP contribution in [0.2, 0.25) is 0 Å². The topological polar surface area (TPSA) is 53.4 Å². The van der Waals surface area contributed by atoms with E-state index in [-0.39, 0.29) is 0 Å². The summed E-state index contributed by atoms with van der Waals surface area (Å²) in [5, 5.41) is 26.4. The highest BCUT2D eigenvalue weighted by Gasteiger charge is 2.22. The molecule has 0 unspecified atom stereocenters. The van der Waals surface area contributed by atoms with Gasteiger partial charge in [-0.1, -0.05) is 72.8 Å². The molecule has 1 heterocycles. The summed E-state index contributed by atoms with van der Waals surface area (Å²) in [5.41, 5.74) is 5.06. The summed E-state index contributed by atoms with van der Waals surface area (Å²) in [5.74, 6) is 0. The molecule has 1 aromatic heterocycles. The van der Waals surface area contributed by atoms with Crippen LogP contribution in [0.5, 0.6) is 0 Å². The molecule has 33 heavy (non-hydrogen) atoms. The van der Waals surface area contributed by atoms with Crippen LogP contribution in [-0.4, -0.2) is 22.2 Å². The standard InChI is InChI=1S/C29H20BNO2/c32-30(33)29-26-7-3-1-5-24(26)28(25-6-2-4-8-27(25)29)23-12-11-21-17-20(9-10-22(21)18-23)19-13-15-31-16-14-19/h1-18,32-33H. The molecule has 0 radical (unpaired) electrons. The minimum atomic E-state index is -1.54. The normalized spacial score (nSPS) is 11.3. The smallest absolute Gasteiger partial charge is 0.423 e. The summed E-state index contributed by atoms with van der Waals surface area (Å²) >= 11 is 0. The van der Waals surface area contributed by atoms with Gasteiger partial charge in [0.15, 0.2) is 0 Å². The molecule has 0 saturated carbocycles. The van der Waals surface area contributed by atoms with Gasteiger partial charge >= 0.3 is 7.12 Å². The Kier molecular flexibility index (Phi) is 4.69. The van der Waals surface area contributed by atoms with Crippen LogP contribution in [0.3, 0.4) is 0 Å². The predicted octanol–water partition coefficient (Wildman–Crippen LogP) is 5.56. The third kappa shape index (κ3) is 3.28. The fourth-order valence-corrected chi connectivity index (χ4v) is 4.88. The van der Waals surface area contributed by atoms with E-state index in [4.69, 9.17) is 0 Å². The molecule has 6 rings (SSSR count). The van der Waals surface area contributed by atoms with Crippen molar-refractivity contribution >= 4 is 44.9 Å². The van der Waals surface area contributed by atoms with Crippen LogP contribution in [0.1, 0.15) is 0 Å². The van der Waals surface area contributed by atoms with Crippen molar-refractivity contribution in [1.29, 1.82) is 0 Å². The molecule has 2 N–H and O–H groups in total. The molecule has 0 aliphatic carbocycles. The van der Waals surface area contributed by atoms with Gasteiger partial charge in [0.1, 0.15) is 0 Å². The quantitative estimate of drug-likeness (QED) is 0.289. The lowest BCUT2D eigenvalue weighted by Gasteiger charge is -2.17. The van der Waals surface area contributed by atoms with Crippen molar-refractivity contribution in [2.24, 2.45) is 0 Å². The van der Waals surface area contributed by atoms with Crippen LogP contribution in [-0.2, 0) is 0 Å². The van der Waals surface area contributed by atoms with E-state index in [0.29, 0.717) is 5.46 Å². The Morgan fingerprint density at radius 1 is 0.515 bits per heavy atom. The highest BCUT2D eigenvalue weighted by Crippen LogP contribution is 2.37. The molecule has 0 aliphatic rings. The first-order valence-electron chi connectivity index (χ1n) is 10.9. The third-order valence-electron chi connectivity index (χ3n) is 6.37. The van der Waals surface area contributed by atoms with Crippen molar-refractivity contribution in [2.75, 3.05) is 0 Å². The molecule has 0 saturated heterocycles. The number of aromatic nitrogens is 1. The molecule has 0 fully saturated rings. The molecule has 5 aromatic carbocycles. The molecule has 0 aliphatic heterocycles. The number of hydrogen-bond donors (Lipinski definition) is 2. The van der Waals surface area contributed by atoms with Gasteiger partial charge in [-0.3, -0.25) is 4.98 Å². The van der Waals surface area contributed by atoms with Crippen molar-refractivity contribution in [2.45, 2.75) is 0 Å². The van der Waals surface area contributed by atoms with Gasteiger partial charge in [-0.25, -0.2) is 0 Å². The number of benzene rings is 5. The van der Waals surface area contributed by atoms with Crippen molar-refractivity contribution in [1.82, 2.24) is 4.98 Å². The van der Waals surface area contributed by atoms with Gasteiger partial charge < -0.3 is 10.0 Å². The minimum absolute atomic E-state index is 0.549. The van der Waals surface area contributed by atoms with Crippen molar-refractivity contribution < 1.29 is 10.0 Å². The molecule has 4 heteroatoms. The lowest BCUT2D eigenvalue weighted by Crippen LogP contribution is -2.31. The van der Waals surface area contributed by atoms with Crippen LogP contribution < -0.4 is 5.46 Å². The predicted molar refractivity (Wildman–Crippen MR) is 137 cm³/mol. The lowest BCUT2D eigenvalue weighted by atomic mass is 9.72. The Bertz CT molecular complexity index is 1590. The number of fused-ring (bicyclic) bond motifs is 3. The van der Waals surface area contributed by atoms with Gasteiger partial charge in [-0.2, -0.15) is 0 Å². The Morgan fingerprint density at radius 3 is 1.61 bits per heavy atom.